The number of pyridine rings is 1. The minimum atomic E-state index is -0.439. The molecule has 0 fully saturated rings. The van der Waals surface area contributed by atoms with Crippen molar-refractivity contribution in [2.45, 2.75) is 34.1 Å². The third kappa shape index (κ3) is 3.63. The molecule has 0 aliphatic heterocycles. The summed E-state index contributed by atoms with van der Waals surface area (Å²) in [5.74, 6) is -0.439. The first-order chi connectivity index (χ1) is 8.85. The van der Waals surface area contributed by atoms with E-state index in [-0.39, 0.29) is 5.41 Å². The molecule has 1 aromatic heterocycles. The SMILES string of the molecule is Cc1cc(CC(C)(C)C)ccc1-c1ccc(F)nc1. The van der Waals surface area contributed by atoms with E-state index in [2.05, 4.69) is 50.9 Å². The lowest BCUT2D eigenvalue weighted by molar-refractivity contribution is 0.411. The molecule has 0 atom stereocenters. The van der Waals surface area contributed by atoms with Crippen molar-refractivity contribution in [3.8, 4) is 11.1 Å². The standard InChI is InChI=1S/C17H20FN/c1-12-9-13(10-17(2,3)4)5-7-15(12)14-6-8-16(18)19-11-14/h5-9,11H,10H2,1-4H3. The van der Waals surface area contributed by atoms with Crippen molar-refractivity contribution in [3.63, 3.8) is 0 Å². The van der Waals surface area contributed by atoms with Gasteiger partial charge in [-0.25, -0.2) is 4.98 Å². The molecule has 0 saturated heterocycles. The fraction of sp³-hybridized carbons (Fsp3) is 0.353. The Kier molecular flexibility index (Phi) is 3.70. The van der Waals surface area contributed by atoms with Gasteiger partial charge >= 0.3 is 0 Å². The van der Waals surface area contributed by atoms with Crippen LogP contribution in [0.4, 0.5) is 4.39 Å². The van der Waals surface area contributed by atoms with E-state index in [1.165, 1.54) is 17.2 Å². The highest BCUT2D eigenvalue weighted by molar-refractivity contribution is 5.66. The van der Waals surface area contributed by atoms with Gasteiger partial charge in [-0.15, -0.1) is 0 Å². The van der Waals surface area contributed by atoms with Gasteiger partial charge in [0.25, 0.3) is 0 Å². The average Bonchev–Trinajstić information content (AvgIpc) is 2.29. The number of nitrogens with zero attached hydrogens (tertiary/aromatic N) is 1. The van der Waals surface area contributed by atoms with E-state index in [9.17, 15) is 4.39 Å². The third-order valence-electron chi connectivity index (χ3n) is 3.06. The summed E-state index contributed by atoms with van der Waals surface area (Å²) in [5.41, 5.74) is 4.90. The predicted octanol–water partition coefficient (Wildman–Crippen LogP) is 4.78. The maximum Gasteiger partial charge on any atom is 0.212 e. The number of halogens is 1. The maximum atomic E-state index is 12.8. The number of rotatable bonds is 2. The van der Waals surface area contributed by atoms with Gasteiger partial charge in [0.2, 0.25) is 5.95 Å². The van der Waals surface area contributed by atoms with Gasteiger partial charge in [0.1, 0.15) is 0 Å². The maximum absolute atomic E-state index is 12.8. The smallest absolute Gasteiger partial charge is 0.212 e. The average molecular weight is 257 g/mol. The fourth-order valence-electron chi connectivity index (χ4n) is 2.31. The minimum absolute atomic E-state index is 0.283. The lowest BCUT2D eigenvalue weighted by Gasteiger charge is -2.19. The molecule has 2 aromatic rings. The molecule has 0 amide bonds. The van der Waals surface area contributed by atoms with Crippen molar-refractivity contribution in [1.82, 2.24) is 4.98 Å². The van der Waals surface area contributed by atoms with Crippen LogP contribution in [0.1, 0.15) is 31.9 Å². The second-order valence-corrected chi connectivity index (χ2v) is 6.26. The molecule has 0 N–H and O–H groups in total. The Morgan fingerprint density at radius 1 is 1.11 bits per heavy atom. The summed E-state index contributed by atoms with van der Waals surface area (Å²) in [4.78, 5) is 3.71. The summed E-state index contributed by atoms with van der Waals surface area (Å²) in [7, 11) is 0. The van der Waals surface area contributed by atoms with Crippen LogP contribution in [0.2, 0.25) is 0 Å². The molecule has 100 valence electrons. The van der Waals surface area contributed by atoms with Crippen molar-refractivity contribution in [3.05, 3.63) is 53.6 Å². The first-order valence-electron chi connectivity index (χ1n) is 6.57. The monoisotopic (exact) mass is 257 g/mol. The number of benzene rings is 1. The second-order valence-electron chi connectivity index (χ2n) is 6.26. The molecule has 0 spiro atoms. The Hall–Kier alpha value is -1.70. The van der Waals surface area contributed by atoms with Crippen LogP contribution < -0.4 is 0 Å². The molecule has 1 nitrogen and oxygen atoms in total. The third-order valence-corrected chi connectivity index (χ3v) is 3.06. The zero-order chi connectivity index (χ0) is 14.0. The number of aryl methyl sites for hydroxylation is 1. The predicted molar refractivity (Wildman–Crippen MR) is 77.5 cm³/mol. The molecule has 0 radical (unpaired) electrons. The Bertz CT molecular complexity index is 565. The Balaban J connectivity index is 2.31. The highest BCUT2D eigenvalue weighted by Gasteiger charge is 2.12. The van der Waals surface area contributed by atoms with Crippen molar-refractivity contribution < 1.29 is 4.39 Å². The zero-order valence-corrected chi connectivity index (χ0v) is 12.0. The number of aromatic nitrogens is 1. The molecule has 0 saturated carbocycles. The summed E-state index contributed by atoms with van der Waals surface area (Å²) < 4.78 is 12.8. The van der Waals surface area contributed by atoms with Crippen molar-refractivity contribution in [2.75, 3.05) is 0 Å². The van der Waals surface area contributed by atoms with Crippen LogP contribution >= 0.6 is 0 Å². The zero-order valence-electron chi connectivity index (χ0n) is 12.0. The molecular formula is C17H20FN. The van der Waals surface area contributed by atoms with Gasteiger partial charge in [-0.05, 0) is 47.6 Å². The lowest BCUT2D eigenvalue weighted by Crippen LogP contribution is -2.09. The largest absolute Gasteiger partial charge is 0.228 e. The van der Waals surface area contributed by atoms with E-state index < -0.39 is 5.95 Å². The molecule has 0 unspecified atom stereocenters. The highest BCUT2D eigenvalue weighted by atomic mass is 19.1. The van der Waals surface area contributed by atoms with Crippen LogP contribution in [0.5, 0.6) is 0 Å². The van der Waals surface area contributed by atoms with E-state index in [0.29, 0.717) is 0 Å². The number of hydrogen-bond donors (Lipinski definition) is 0. The summed E-state index contributed by atoms with van der Waals surface area (Å²) in [5, 5.41) is 0. The van der Waals surface area contributed by atoms with E-state index in [1.54, 1.807) is 12.3 Å². The second kappa shape index (κ2) is 5.12. The molecule has 1 heterocycles. The van der Waals surface area contributed by atoms with Crippen LogP contribution in [-0.4, -0.2) is 4.98 Å². The van der Waals surface area contributed by atoms with Crippen LogP contribution in [0.25, 0.3) is 11.1 Å². The molecule has 0 aliphatic carbocycles. The molecule has 1 aromatic carbocycles. The highest BCUT2D eigenvalue weighted by Crippen LogP contribution is 2.27. The molecule has 0 bridgehead atoms. The quantitative estimate of drug-likeness (QED) is 0.705. The summed E-state index contributed by atoms with van der Waals surface area (Å²) in [6.07, 6.45) is 2.64. The first kappa shape index (κ1) is 13.7. The lowest BCUT2D eigenvalue weighted by atomic mass is 9.87. The fourth-order valence-corrected chi connectivity index (χ4v) is 2.31. The van der Waals surface area contributed by atoms with Gasteiger partial charge in [-0.2, -0.15) is 4.39 Å². The van der Waals surface area contributed by atoms with E-state index in [1.807, 2.05) is 0 Å². The van der Waals surface area contributed by atoms with Gasteiger partial charge in [0.05, 0.1) is 0 Å². The van der Waals surface area contributed by atoms with Crippen LogP contribution in [0.3, 0.4) is 0 Å². The normalized spacial score (nSPS) is 11.6. The van der Waals surface area contributed by atoms with Crippen LogP contribution in [0, 0.1) is 18.3 Å². The Morgan fingerprint density at radius 3 is 2.37 bits per heavy atom. The summed E-state index contributed by atoms with van der Waals surface area (Å²) >= 11 is 0. The molecule has 2 rings (SSSR count). The van der Waals surface area contributed by atoms with Crippen molar-refractivity contribution in [2.24, 2.45) is 5.41 Å². The van der Waals surface area contributed by atoms with Crippen LogP contribution in [0.15, 0.2) is 36.5 Å². The van der Waals surface area contributed by atoms with Gasteiger partial charge < -0.3 is 0 Å². The Morgan fingerprint density at radius 2 is 1.84 bits per heavy atom. The molecule has 19 heavy (non-hydrogen) atoms. The Labute approximate surface area is 114 Å². The van der Waals surface area contributed by atoms with Crippen molar-refractivity contribution >= 4 is 0 Å². The molecular weight excluding hydrogens is 237 g/mol. The van der Waals surface area contributed by atoms with Gasteiger partial charge in [-0.3, -0.25) is 0 Å². The first-order valence-corrected chi connectivity index (χ1v) is 6.57. The van der Waals surface area contributed by atoms with Gasteiger partial charge in [-0.1, -0.05) is 39.0 Å². The summed E-state index contributed by atoms with van der Waals surface area (Å²) in [6, 6.07) is 9.64. The van der Waals surface area contributed by atoms with Crippen molar-refractivity contribution in [1.29, 1.82) is 0 Å². The minimum Gasteiger partial charge on any atom is -0.228 e. The van der Waals surface area contributed by atoms with Crippen LogP contribution in [-0.2, 0) is 6.42 Å². The van der Waals surface area contributed by atoms with Gasteiger partial charge in [0.15, 0.2) is 0 Å². The van der Waals surface area contributed by atoms with E-state index in [0.717, 1.165) is 17.5 Å². The summed E-state index contributed by atoms with van der Waals surface area (Å²) in [6.45, 7) is 8.80. The van der Waals surface area contributed by atoms with Gasteiger partial charge in [0, 0.05) is 11.8 Å². The topological polar surface area (TPSA) is 12.9 Å². The van der Waals surface area contributed by atoms with E-state index >= 15 is 0 Å². The molecule has 0 aliphatic rings. The molecule has 2 heteroatoms. The number of hydrogen-bond acceptors (Lipinski definition) is 1. The van der Waals surface area contributed by atoms with E-state index in [4.69, 9.17) is 0 Å².